The van der Waals surface area contributed by atoms with Gasteiger partial charge in [-0.3, -0.25) is 4.90 Å². The maximum Gasteiger partial charge on any atom is 0.416 e. The molecule has 0 radical (unpaired) electrons. The first-order valence-corrected chi connectivity index (χ1v) is 12.8. The van der Waals surface area contributed by atoms with E-state index in [1.165, 1.54) is 18.2 Å². The number of hydrogen-bond acceptors (Lipinski definition) is 8. The van der Waals surface area contributed by atoms with Crippen molar-refractivity contribution in [2.45, 2.75) is 12.1 Å². The predicted octanol–water partition coefficient (Wildman–Crippen LogP) is 6.44. The van der Waals surface area contributed by atoms with E-state index in [2.05, 4.69) is 15.9 Å². The molecule has 0 amide bonds. The average Bonchev–Trinajstić information content (AvgIpc) is 2.97. The minimum atomic E-state index is -5.04. The van der Waals surface area contributed by atoms with E-state index in [0.717, 1.165) is 19.1 Å². The molecule has 1 heterocycles. The van der Waals surface area contributed by atoms with Crippen molar-refractivity contribution in [1.29, 1.82) is 5.26 Å². The molecule has 222 valence electrons. The predicted molar refractivity (Wildman–Crippen MR) is 145 cm³/mol. The number of carbonyl (C=O) groups is 2. The summed E-state index contributed by atoms with van der Waals surface area (Å²) in [6.07, 6.45) is -5.04. The van der Waals surface area contributed by atoms with Gasteiger partial charge in [-0.05, 0) is 35.9 Å². The van der Waals surface area contributed by atoms with Gasteiger partial charge in [0.1, 0.15) is 11.5 Å². The van der Waals surface area contributed by atoms with Crippen molar-refractivity contribution in [2.24, 2.45) is 5.73 Å². The standard InChI is InChI=1S/C29H19BrF5N3O5/c1-41-27(39)23-22(14-6-4-3-5-7-14)17(13-36)26(37)38(24(23)28(40)42-2)20-12-16(30)8-9-21(20)43-25-18(31)10-15(11-19(25)32)29(33,34)35/h3-12,22H,37H2,1-2H3. The SMILES string of the molecule is COC(=O)C1=C(C(=O)OC)N(c2cc(Br)ccc2Oc2c(F)cc(C(F)(F)F)cc2F)C(N)=C(C#N)C1c1ccccc1. The minimum absolute atomic E-state index is 0.0550. The van der Waals surface area contributed by atoms with Crippen LogP contribution in [-0.4, -0.2) is 26.2 Å². The summed E-state index contributed by atoms with van der Waals surface area (Å²) < 4.78 is 84.5. The van der Waals surface area contributed by atoms with E-state index in [-0.39, 0.29) is 34.8 Å². The van der Waals surface area contributed by atoms with Gasteiger partial charge in [0.05, 0.1) is 48.6 Å². The highest BCUT2D eigenvalue weighted by molar-refractivity contribution is 9.10. The van der Waals surface area contributed by atoms with Gasteiger partial charge in [-0.15, -0.1) is 0 Å². The second-order valence-electron chi connectivity index (χ2n) is 8.82. The fourth-order valence-corrected chi connectivity index (χ4v) is 4.80. The molecule has 1 aliphatic rings. The molecule has 3 aromatic rings. The molecule has 0 saturated carbocycles. The van der Waals surface area contributed by atoms with Gasteiger partial charge in [0.2, 0.25) is 0 Å². The summed E-state index contributed by atoms with van der Waals surface area (Å²) in [5.41, 5.74) is 3.94. The summed E-state index contributed by atoms with van der Waals surface area (Å²) in [6, 6.07) is 14.0. The van der Waals surface area contributed by atoms with E-state index >= 15 is 0 Å². The minimum Gasteiger partial charge on any atom is -0.466 e. The van der Waals surface area contributed by atoms with E-state index in [1.807, 2.05) is 6.07 Å². The second kappa shape index (κ2) is 12.1. The first kappa shape index (κ1) is 31.0. The van der Waals surface area contributed by atoms with Crippen molar-refractivity contribution in [3.63, 3.8) is 0 Å². The number of nitriles is 1. The number of halogens is 6. The molecule has 0 fully saturated rings. The Hall–Kier alpha value is -4.90. The topological polar surface area (TPSA) is 115 Å². The Labute approximate surface area is 249 Å². The van der Waals surface area contributed by atoms with Gasteiger partial charge in [-0.1, -0.05) is 46.3 Å². The number of allylic oxidation sites excluding steroid dienone is 1. The number of nitrogens with two attached hydrogens (primary N) is 1. The normalized spacial score (nSPS) is 15.2. The molecule has 2 N–H and O–H groups in total. The van der Waals surface area contributed by atoms with Crippen LogP contribution in [0.25, 0.3) is 0 Å². The zero-order chi connectivity index (χ0) is 31.6. The number of methoxy groups -OCH3 is 2. The molecule has 43 heavy (non-hydrogen) atoms. The van der Waals surface area contributed by atoms with Crippen LogP contribution in [0.4, 0.5) is 27.6 Å². The molecule has 3 aromatic carbocycles. The third kappa shape index (κ3) is 5.89. The first-order chi connectivity index (χ1) is 20.3. The highest BCUT2D eigenvalue weighted by atomic mass is 79.9. The van der Waals surface area contributed by atoms with Crippen LogP contribution in [0.1, 0.15) is 17.0 Å². The van der Waals surface area contributed by atoms with Gasteiger partial charge in [0.15, 0.2) is 23.1 Å². The molecular weight excluding hydrogens is 645 g/mol. The van der Waals surface area contributed by atoms with Crippen molar-refractivity contribution in [2.75, 3.05) is 19.1 Å². The van der Waals surface area contributed by atoms with Crippen LogP contribution in [0.5, 0.6) is 11.5 Å². The van der Waals surface area contributed by atoms with E-state index in [4.69, 9.17) is 19.9 Å². The molecule has 4 rings (SSSR count). The Kier molecular flexibility index (Phi) is 8.77. The number of carbonyl (C=O) groups excluding carboxylic acids is 2. The summed E-state index contributed by atoms with van der Waals surface area (Å²) in [5, 5.41) is 10.2. The van der Waals surface area contributed by atoms with E-state index in [9.17, 15) is 36.8 Å². The van der Waals surface area contributed by atoms with Crippen LogP contribution in [-0.2, 0) is 25.2 Å². The lowest BCUT2D eigenvalue weighted by molar-refractivity contribution is -0.139. The number of anilines is 1. The van der Waals surface area contributed by atoms with Gasteiger partial charge >= 0.3 is 18.1 Å². The Bertz CT molecular complexity index is 1690. The number of rotatable bonds is 6. The van der Waals surface area contributed by atoms with Crippen molar-refractivity contribution >= 4 is 33.6 Å². The Morgan fingerprint density at radius 1 is 0.977 bits per heavy atom. The summed E-state index contributed by atoms with van der Waals surface area (Å²) >= 11 is 3.24. The van der Waals surface area contributed by atoms with Gasteiger partial charge in [0, 0.05) is 4.47 Å². The van der Waals surface area contributed by atoms with E-state index in [0.29, 0.717) is 10.0 Å². The van der Waals surface area contributed by atoms with Crippen molar-refractivity contribution in [1.82, 2.24) is 0 Å². The quantitative estimate of drug-likeness (QED) is 0.237. The van der Waals surface area contributed by atoms with Crippen LogP contribution in [0.2, 0.25) is 0 Å². The van der Waals surface area contributed by atoms with Crippen molar-refractivity contribution in [3.05, 3.63) is 111 Å². The lowest BCUT2D eigenvalue weighted by Crippen LogP contribution is -2.41. The van der Waals surface area contributed by atoms with Crippen molar-refractivity contribution < 1.29 is 45.8 Å². The number of ether oxygens (including phenoxy) is 3. The molecule has 0 spiro atoms. The monoisotopic (exact) mass is 663 g/mol. The zero-order valence-corrected chi connectivity index (χ0v) is 23.7. The summed E-state index contributed by atoms with van der Waals surface area (Å²) in [7, 11) is 2.07. The molecule has 1 unspecified atom stereocenters. The third-order valence-electron chi connectivity index (χ3n) is 6.31. The molecule has 8 nitrogen and oxygen atoms in total. The zero-order valence-electron chi connectivity index (χ0n) is 22.1. The first-order valence-electron chi connectivity index (χ1n) is 12.0. The van der Waals surface area contributed by atoms with Gasteiger partial charge < -0.3 is 19.9 Å². The lowest BCUT2D eigenvalue weighted by atomic mass is 9.81. The highest BCUT2D eigenvalue weighted by Crippen LogP contribution is 2.47. The number of alkyl halides is 3. The van der Waals surface area contributed by atoms with Crippen molar-refractivity contribution in [3.8, 4) is 17.6 Å². The molecule has 1 atom stereocenters. The number of hydrogen-bond donors (Lipinski definition) is 1. The molecule has 0 bridgehead atoms. The maximum atomic E-state index is 14.8. The summed E-state index contributed by atoms with van der Waals surface area (Å²) in [4.78, 5) is 27.5. The average molecular weight is 664 g/mol. The largest absolute Gasteiger partial charge is 0.466 e. The Balaban J connectivity index is 2.02. The molecule has 14 heteroatoms. The van der Waals surface area contributed by atoms with Crippen LogP contribution >= 0.6 is 15.9 Å². The summed E-state index contributed by atoms with van der Waals surface area (Å²) in [5.74, 6) is -8.71. The lowest BCUT2D eigenvalue weighted by Gasteiger charge is -2.36. The molecule has 0 aromatic heterocycles. The van der Waals surface area contributed by atoms with Crippen LogP contribution in [0.3, 0.4) is 0 Å². The number of nitrogens with zero attached hydrogens (tertiary/aromatic N) is 2. The van der Waals surface area contributed by atoms with Gasteiger partial charge in [-0.2, -0.15) is 18.4 Å². The molecule has 0 aliphatic carbocycles. The van der Waals surface area contributed by atoms with Crippen LogP contribution in [0.15, 0.2) is 87.8 Å². The molecule has 1 aliphatic heterocycles. The van der Waals surface area contributed by atoms with Crippen LogP contribution < -0.4 is 15.4 Å². The summed E-state index contributed by atoms with van der Waals surface area (Å²) in [6.45, 7) is 0. The van der Waals surface area contributed by atoms with E-state index < -0.39 is 58.4 Å². The number of esters is 2. The Morgan fingerprint density at radius 2 is 1.58 bits per heavy atom. The Morgan fingerprint density at radius 3 is 2.12 bits per heavy atom. The second-order valence-corrected chi connectivity index (χ2v) is 9.73. The van der Waals surface area contributed by atoms with Gasteiger partial charge in [0.25, 0.3) is 0 Å². The smallest absolute Gasteiger partial charge is 0.416 e. The molecular formula is C29H19BrF5N3O5. The number of benzene rings is 3. The van der Waals surface area contributed by atoms with E-state index in [1.54, 1.807) is 30.3 Å². The molecule has 0 saturated heterocycles. The third-order valence-corrected chi connectivity index (χ3v) is 6.80. The highest BCUT2D eigenvalue weighted by Gasteiger charge is 2.44. The fourth-order valence-electron chi connectivity index (χ4n) is 4.45. The van der Waals surface area contributed by atoms with Gasteiger partial charge in [-0.25, -0.2) is 18.4 Å². The fraction of sp³-hybridized carbons (Fsp3) is 0.138. The maximum absolute atomic E-state index is 14.8. The van der Waals surface area contributed by atoms with Crippen LogP contribution in [0, 0.1) is 23.0 Å².